The quantitative estimate of drug-likeness (QED) is 0.658. The van der Waals surface area contributed by atoms with Crippen molar-refractivity contribution >= 4 is 11.6 Å². The summed E-state index contributed by atoms with van der Waals surface area (Å²) < 4.78 is 7.60. The van der Waals surface area contributed by atoms with Gasteiger partial charge in [0.1, 0.15) is 5.65 Å². The second-order valence-electron chi connectivity index (χ2n) is 9.06. The second kappa shape index (κ2) is 8.77. The van der Waals surface area contributed by atoms with Gasteiger partial charge >= 0.3 is 0 Å². The molecule has 0 bridgehead atoms. The number of nitrogens with zero attached hydrogens (tertiary/aromatic N) is 6. The van der Waals surface area contributed by atoms with Gasteiger partial charge in [-0.15, -0.1) is 0 Å². The molecule has 0 aliphatic carbocycles. The van der Waals surface area contributed by atoms with Gasteiger partial charge in [-0.25, -0.2) is 15.0 Å². The zero-order chi connectivity index (χ0) is 22.2. The SMILES string of the molecule is CCc1nc(N2CCC(N3CC(N)C(OC)C3)CC2)ncc1-c1cc(C)c2nccn2c1. The normalized spacial score (nSPS) is 22.8. The van der Waals surface area contributed by atoms with Crippen molar-refractivity contribution in [1.82, 2.24) is 24.3 Å². The van der Waals surface area contributed by atoms with Crippen LogP contribution in [0.15, 0.2) is 30.9 Å². The van der Waals surface area contributed by atoms with E-state index >= 15 is 0 Å². The second-order valence-corrected chi connectivity index (χ2v) is 9.06. The number of aromatic nitrogens is 4. The highest BCUT2D eigenvalue weighted by molar-refractivity contribution is 5.68. The van der Waals surface area contributed by atoms with E-state index in [-0.39, 0.29) is 12.1 Å². The van der Waals surface area contributed by atoms with Crippen LogP contribution in [0.4, 0.5) is 5.95 Å². The lowest BCUT2D eigenvalue weighted by Gasteiger charge is -2.36. The van der Waals surface area contributed by atoms with Crippen LogP contribution in [0.2, 0.25) is 0 Å². The number of likely N-dealkylation sites (tertiary alicyclic amines) is 1. The lowest BCUT2D eigenvalue weighted by molar-refractivity contribution is 0.0904. The summed E-state index contributed by atoms with van der Waals surface area (Å²) in [5, 5.41) is 0. The first-order valence-electron chi connectivity index (χ1n) is 11.6. The Morgan fingerprint density at radius 1 is 1.19 bits per heavy atom. The van der Waals surface area contributed by atoms with E-state index in [2.05, 4.69) is 45.3 Å². The highest BCUT2D eigenvalue weighted by atomic mass is 16.5. The van der Waals surface area contributed by atoms with Crippen molar-refractivity contribution in [1.29, 1.82) is 0 Å². The van der Waals surface area contributed by atoms with Gasteiger partial charge in [0, 0.05) is 81.3 Å². The molecule has 8 nitrogen and oxygen atoms in total. The fourth-order valence-corrected chi connectivity index (χ4v) is 5.23. The number of ether oxygens (including phenoxy) is 1. The van der Waals surface area contributed by atoms with Crippen LogP contribution in [0, 0.1) is 6.92 Å². The van der Waals surface area contributed by atoms with Crippen LogP contribution in [0.1, 0.15) is 31.0 Å². The third kappa shape index (κ3) is 3.87. The molecule has 3 aromatic rings. The Morgan fingerprint density at radius 2 is 2.00 bits per heavy atom. The molecule has 2 saturated heterocycles. The standard InChI is InChI=1S/C24H33N7O/c1-4-21-19(17-11-16(2)23-26-7-10-30(23)13-17)12-27-24(28-21)29-8-5-18(6-9-29)31-14-20(25)22(15-31)32-3/h7,10-13,18,20,22H,4-6,8-9,14-15,25H2,1-3H3. The molecule has 2 N–H and O–H groups in total. The van der Waals surface area contributed by atoms with Crippen LogP contribution in [-0.2, 0) is 11.2 Å². The first kappa shape index (κ1) is 21.3. The Hall–Kier alpha value is -2.55. The van der Waals surface area contributed by atoms with Crippen LogP contribution in [0.5, 0.6) is 0 Å². The monoisotopic (exact) mass is 435 g/mol. The maximum absolute atomic E-state index is 6.23. The van der Waals surface area contributed by atoms with Crippen LogP contribution in [0.25, 0.3) is 16.8 Å². The van der Waals surface area contributed by atoms with E-state index < -0.39 is 0 Å². The van der Waals surface area contributed by atoms with Gasteiger partial charge in [-0.2, -0.15) is 0 Å². The lowest BCUT2D eigenvalue weighted by atomic mass is 10.0. The number of fused-ring (bicyclic) bond motifs is 1. The maximum atomic E-state index is 6.23. The predicted octanol–water partition coefficient (Wildman–Crippen LogP) is 2.29. The summed E-state index contributed by atoms with van der Waals surface area (Å²) in [6, 6.07) is 2.86. The average molecular weight is 436 g/mol. The van der Waals surface area contributed by atoms with E-state index in [1.807, 2.05) is 18.6 Å². The highest BCUT2D eigenvalue weighted by Gasteiger charge is 2.35. The number of rotatable bonds is 5. The molecule has 3 aromatic heterocycles. The largest absolute Gasteiger partial charge is 0.378 e. The summed E-state index contributed by atoms with van der Waals surface area (Å²) >= 11 is 0. The Bertz CT molecular complexity index is 1090. The number of pyridine rings is 1. The van der Waals surface area contributed by atoms with Crippen LogP contribution >= 0.6 is 0 Å². The smallest absolute Gasteiger partial charge is 0.225 e. The van der Waals surface area contributed by atoms with Crippen LogP contribution < -0.4 is 10.6 Å². The summed E-state index contributed by atoms with van der Waals surface area (Å²) in [4.78, 5) is 19.0. The molecule has 32 heavy (non-hydrogen) atoms. The number of methoxy groups -OCH3 is 1. The number of imidazole rings is 1. The third-order valence-corrected chi connectivity index (χ3v) is 7.08. The van der Waals surface area contributed by atoms with Gasteiger partial charge in [0.15, 0.2) is 0 Å². The van der Waals surface area contributed by atoms with Gasteiger partial charge in [0.25, 0.3) is 0 Å². The van der Waals surface area contributed by atoms with Gasteiger partial charge < -0.3 is 19.8 Å². The Kier molecular flexibility index (Phi) is 5.84. The zero-order valence-corrected chi connectivity index (χ0v) is 19.2. The number of piperidine rings is 1. The van der Waals surface area contributed by atoms with Gasteiger partial charge in [-0.3, -0.25) is 4.90 Å². The van der Waals surface area contributed by atoms with E-state index in [1.165, 1.54) is 0 Å². The first-order chi connectivity index (χ1) is 15.6. The first-order valence-corrected chi connectivity index (χ1v) is 11.6. The van der Waals surface area contributed by atoms with E-state index in [1.54, 1.807) is 7.11 Å². The Balaban J connectivity index is 1.31. The molecule has 2 aliphatic heterocycles. The van der Waals surface area contributed by atoms with Crippen molar-refractivity contribution < 1.29 is 4.74 Å². The van der Waals surface area contributed by atoms with Crippen molar-refractivity contribution in [3.63, 3.8) is 0 Å². The van der Waals surface area contributed by atoms with Crippen molar-refractivity contribution in [2.24, 2.45) is 5.73 Å². The number of nitrogens with two attached hydrogens (primary N) is 1. The third-order valence-electron chi connectivity index (χ3n) is 7.08. The molecule has 8 heteroatoms. The molecule has 0 spiro atoms. The summed E-state index contributed by atoms with van der Waals surface area (Å²) in [5.74, 6) is 0.845. The lowest BCUT2D eigenvalue weighted by Crippen LogP contribution is -2.45. The fraction of sp³-hybridized carbons (Fsp3) is 0.542. The average Bonchev–Trinajstić information content (AvgIpc) is 3.45. The molecule has 5 heterocycles. The molecular weight excluding hydrogens is 402 g/mol. The topological polar surface area (TPSA) is 84.8 Å². The minimum Gasteiger partial charge on any atom is -0.378 e. The van der Waals surface area contributed by atoms with Gasteiger partial charge in [-0.1, -0.05) is 6.92 Å². The Labute approximate surface area is 189 Å². The molecule has 2 fully saturated rings. The molecule has 0 radical (unpaired) electrons. The molecule has 2 atom stereocenters. The summed E-state index contributed by atoms with van der Waals surface area (Å²) in [5.41, 5.74) is 11.7. The number of hydrogen-bond acceptors (Lipinski definition) is 7. The fourth-order valence-electron chi connectivity index (χ4n) is 5.23. The van der Waals surface area contributed by atoms with Crippen molar-refractivity contribution in [3.8, 4) is 11.1 Å². The van der Waals surface area contributed by atoms with Crippen molar-refractivity contribution in [3.05, 3.63) is 42.1 Å². The minimum atomic E-state index is 0.117. The van der Waals surface area contributed by atoms with E-state index in [9.17, 15) is 0 Å². The molecule has 2 unspecified atom stereocenters. The summed E-state index contributed by atoms with van der Waals surface area (Å²) in [6.07, 6.45) is 11.2. The van der Waals surface area contributed by atoms with E-state index in [4.69, 9.17) is 20.4 Å². The predicted molar refractivity (Wildman–Crippen MR) is 126 cm³/mol. The summed E-state index contributed by atoms with van der Waals surface area (Å²) in [7, 11) is 1.76. The molecule has 0 aromatic carbocycles. The van der Waals surface area contributed by atoms with E-state index in [0.717, 1.165) is 79.4 Å². The van der Waals surface area contributed by atoms with Gasteiger partial charge in [0.2, 0.25) is 5.95 Å². The van der Waals surface area contributed by atoms with Gasteiger partial charge in [0.05, 0.1) is 11.8 Å². The molecule has 0 saturated carbocycles. The Morgan fingerprint density at radius 3 is 2.72 bits per heavy atom. The van der Waals surface area contributed by atoms with Crippen molar-refractivity contribution in [2.45, 2.75) is 51.3 Å². The van der Waals surface area contributed by atoms with Crippen molar-refractivity contribution in [2.75, 3.05) is 38.2 Å². The van der Waals surface area contributed by atoms with Crippen LogP contribution in [0.3, 0.4) is 0 Å². The molecule has 5 rings (SSSR count). The maximum Gasteiger partial charge on any atom is 0.225 e. The summed E-state index contributed by atoms with van der Waals surface area (Å²) in [6.45, 7) is 8.06. The molecule has 170 valence electrons. The molecule has 0 amide bonds. The highest BCUT2D eigenvalue weighted by Crippen LogP contribution is 2.28. The number of hydrogen-bond donors (Lipinski definition) is 1. The zero-order valence-electron chi connectivity index (χ0n) is 19.2. The molecular formula is C24H33N7O. The van der Waals surface area contributed by atoms with E-state index in [0.29, 0.717) is 6.04 Å². The van der Waals surface area contributed by atoms with Crippen LogP contribution in [-0.4, -0.2) is 75.7 Å². The minimum absolute atomic E-state index is 0.117. The number of anilines is 1. The molecule has 2 aliphatic rings. The number of aryl methyl sites for hydroxylation is 2. The van der Waals surface area contributed by atoms with Gasteiger partial charge in [-0.05, 0) is 37.8 Å².